The molecule has 0 atom stereocenters. The highest BCUT2D eigenvalue weighted by Gasteiger charge is 2.16. The number of nitrogens with one attached hydrogen (secondary N) is 2. The van der Waals surface area contributed by atoms with Crippen LogP contribution in [0.5, 0.6) is 0 Å². The third kappa shape index (κ3) is 5.29. The fraction of sp³-hybridized carbons (Fsp3) is 0.263. The van der Waals surface area contributed by atoms with E-state index in [1.165, 1.54) is 18.2 Å². The zero-order valence-corrected chi connectivity index (χ0v) is 14.9. The third-order valence-electron chi connectivity index (χ3n) is 3.52. The van der Waals surface area contributed by atoms with Gasteiger partial charge in [-0.2, -0.15) is 0 Å². The molecule has 2 aromatic rings. The van der Waals surface area contributed by atoms with Crippen LogP contribution in [-0.2, 0) is 11.2 Å². The Labute approximate surface area is 151 Å². The topological polar surface area (TPSA) is 58.2 Å². The number of carbonyl (C=O) groups excluding carboxylic acids is 2. The van der Waals surface area contributed by atoms with Gasteiger partial charge in [-0.05, 0) is 30.2 Å². The van der Waals surface area contributed by atoms with Crippen molar-refractivity contribution in [3.8, 4) is 0 Å². The number of hydrogen-bond acceptors (Lipinski definition) is 2. The molecule has 0 bridgehead atoms. The molecule has 2 N–H and O–H groups in total. The minimum absolute atomic E-state index is 0.128. The van der Waals surface area contributed by atoms with Gasteiger partial charge >= 0.3 is 0 Å². The molecule has 25 heavy (non-hydrogen) atoms. The van der Waals surface area contributed by atoms with Crippen molar-refractivity contribution in [3.05, 3.63) is 64.4 Å². The number of carbonyl (C=O) groups is 2. The van der Waals surface area contributed by atoms with E-state index in [-0.39, 0.29) is 22.9 Å². The van der Waals surface area contributed by atoms with Gasteiger partial charge in [-0.15, -0.1) is 0 Å². The largest absolute Gasteiger partial charge is 0.352 e. The lowest BCUT2D eigenvalue weighted by atomic mass is 10.1. The van der Waals surface area contributed by atoms with Crippen LogP contribution in [0.15, 0.2) is 42.5 Å². The Balaban J connectivity index is 2.12. The first-order valence-corrected chi connectivity index (χ1v) is 8.36. The fourth-order valence-corrected chi connectivity index (χ4v) is 2.47. The van der Waals surface area contributed by atoms with E-state index in [2.05, 4.69) is 10.6 Å². The maximum atomic E-state index is 13.8. The second-order valence-corrected chi connectivity index (χ2v) is 6.48. The van der Waals surface area contributed by atoms with E-state index in [1.54, 1.807) is 24.3 Å². The second kappa shape index (κ2) is 8.62. The average molecular weight is 363 g/mol. The molecule has 0 unspecified atom stereocenters. The van der Waals surface area contributed by atoms with Crippen molar-refractivity contribution in [1.29, 1.82) is 0 Å². The normalized spacial score (nSPS) is 10.6. The minimum Gasteiger partial charge on any atom is -0.352 e. The van der Waals surface area contributed by atoms with E-state index < -0.39 is 11.7 Å². The predicted molar refractivity (Wildman–Crippen MR) is 97.4 cm³/mol. The van der Waals surface area contributed by atoms with Gasteiger partial charge in [0.1, 0.15) is 5.82 Å². The van der Waals surface area contributed by atoms with Crippen molar-refractivity contribution in [3.63, 3.8) is 0 Å². The highest BCUT2D eigenvalue weighted by Crippen LogP contribution is 2.21. The summed E-state index contributed by atoms with van der Waals surface area (Å²) < 4.78 is 13.8. The Bertz CT molecular complexity index is 758. The Kier molecular flexibility index (Phi) is 6.53. The molecule has 0 heterocycles. The fourth-order valence-electron chi connectivity index (χ4n) is 2.24. The first-order valence-electron chi connectivity index (χ1n) is 7.98. The van der Waals surface area contributed by atoms with Crippen molar-refractivity contribution in [2.45, 2.75) is 20.3 Å². The lowest BCUT2D eigenvalue weighted by molar-refractivity contribution is -0.115. The molecule has 4 nitrogen and oxygen atoms in total. The smallest absolute Gasteiger partial charge is 0.253 e. The Hall–Kier alpha value is -2.40. The summed E-state index contributed by atoms with van der Waals surface area (Å²) in [7, 11) is 0. The molecule has 6 heteroatoms. The van der Waals surface area contributed by atoms with Crippen molar-refractivity contribution in [2.24, 2.45) is 5.92 Å². The predicted octanol–water partition coefficient (Wildman–Crippen LogP) is 4.05. The summed E-state index contributed by atoms with van der Waals surface area (Å²) in [5.41, 5.74) is 0.862. The summed E-state index contributed by atoms with van der Waals surface area (Å²) in [6.07, 6.45) is -0.215. The number of benzene rings is 2. The minimum atomic E-state index is -0.536. The molecule has 0 aliphatic carbocycles. The van der Waals surface area contributed by atoms with Gasteiger partial charge < -0.3 is 10.6 Å². The number of anilines is 1. The van der Waals surface area contributed by atoms with Crippen molar-refractivity contribution >= 4 is 29.1 Å². The molecule has 0 aromatic heterocycles. The van der Waals surface area contributed by atoms with E-state index >= 15 is 0 Å². The lowest BCUT2D eigenvalue weighted by Crippen LogP contribution is -2.28. The zero-order chi connectivity index (χ0) is 18.4. The average Bonchev–Trinajstić information content (AvgIpc) is 2.56. The quantitative estimate of drug-likeness (QED) is 0.814. The number of halogens is 2. The molecular weight excluding hydrogens is 343 g/mol. The van der Waals surface area contributed by atoms with Crippen LogP contribution in [0.4, 0.5) is 10.1 Å². The van der Waals surface area contributed by atoms with Gasteiger partial charge in [-0.3, -0.25) is 9.59 Å². The molecule has 0 aliphatic rings. The zero-order valence-electron chi connectivity index (χ0n) is 14.1. The van der Waals surface area contributed by atoms with Crippen LogP contribution in [-0.4, -0.2) is 18.4 Å². The van der Waals surface area contributed by atoms with Gasteiger partial charge in [0, 0.05) is 17.1 Å². The van der Waals surface area contributed by atoms with E-state index in [0.717, 1.165) is 0 Å². The highest BCUT2D eigenvalue weighted by molar-refractivity contribution is 6.31. The first-order chi connectivity index (χ1) is 11.9. The Morgan fingerprint density at radius 2 is 1.84 bits per heavy atom. The molecule has 0 saturated carbocycles. The van der Waals surface area contributed by atoms with Crippen LogP contribution in [0, 0.1) is 11.7 Å². The number of para-hydroxylation sites is 1. The van der Waals surface area contributed by atoms with Crippen LogP contribution in [0.2, 0.25) is 5.02 Å². The molecule has 132 valence electrons. The van der Waals surface area contributed by atoms with Crippen LogP contribution in [0.3, 0.4) is 0 Å². The second-order valence-electron chi connectivity index (χ2n) is 6.07. The van der Waals surface area contributed by atoms with Gasteiger partial charge in [0.2, 0.25) is 5.91 Å². The summed E-state index contributed by atoms with van der Waals surface area (Å²) in [5, 5.41) is 5.66. The number of hydrogen-bond donors (Lipinski definition) is 2. The van der Waals surface area contributed by atoms with Gasteiger partial charge in [0.25, 0.3) is 5.91 Å². The maximum absolute atomic E-state index is 13.8. The monoisotopic (exact) mass is 362 g/mol. The van der Waals surface area contributed by atoms with Crippen LogP contribution in [0.25, 0.3) is 0 Å². The van der Waals surface area contributed by atoms with E-state index in [4.69, 9.17) is 11.6 Å². The third-order valence-corrected chi connectivity index (χ3v) is 3.87. The van der Waals surface area contributed by atoms with Crippen molar-refractivity contribution in [2.75, 3.05) is 11.9 Å². The SMILES string of the molecule is CC(C)CNC(=O)c1ccccc1NC(=O)Cc1c(F)cccc1Cl. The summed E-state index contributed by atoms with van der Waals surface area (Å²) >= 11 is 5.95. The molecule has 2 aromatic carbocycles. The van der Waals surface area contributed by atoms with E-state index in [1.807, 2.05) is 13.8 Å². The Morgan fingerprint density at radius 1 is 1.12 bits per heavy atom. The molecule has 0 saturated heterocycles. The highest BCUT2D eigenvalue weighted by atomic mass is 35.5. The first kappa shape index (κ1) is 18.9. The molecular formula is C19H20ClFN2O2. The van der Waals surface area contributed by atoms with Crippen LogP contribution < -0.4 is 10.6 Å². The van der Waals surface area contributed by atoms with Gasteiger partial charge in [0.05, 0.1) is 17.7 Å². The standard InChI is InChI=1S/C19H20ClFN2O2/c1-12(2)11-22-19(25)13-6-3-4-9-17(13)23-18(24)10-14-15(20)7-5-8-16(14)21/h3-9,12H,10-11H2,1-2H3,(H,22,25)(H,23,24). The number of rotatable bonds is 6. The van der Waals surface area contributed by atoms with Gasteiger partial charge in [-0.25, -0.2) is 4.39 Å². The van der Waals surface area contributed by atoms with Gasteiger partial charge in [0.15, 0.2) is 0 Å². The molecule has 2 rings (SSSR count). The van der Waals surface area contributed by atoms with Gasteiger partial charge in [-0.1, -0.05) is 43.6 Å². The van der Waals surface area contributed by atoms with E-state index in [9.17, 15) is 14.0 Å². The van der Waals surface area contributed by atoms with Crippen molar-refractivity contribution < 1.29 is 14.0 Å². The van der Waals surface area contributed by atoms with Crippen LogP contribution >= 0.6 is 11.6 Å². The molecule has 0 spiro atoms. The molecule has 2 amide bonds. The summed E-state index contributed by atoms with van der Waals surface area (Å²) in [5.74, 6) is -0.941. The summed E-state index contributed by atoms with van der Waals surface area (Å²) in [4.78, 5) is 24.5. The lowest BCUT2D eigenvalue weighted by Gasteiger charge is -2.13. The summed E-state index contributed by atoms with van der Waals surface area (Å²) in [6.45, 7) is 4.52. The maximum Gasteiger partial charge on any atom is 0.253 e. The molecule has 0 aliphatic heterocycles. The van der Waals surface area contributed by atoms with Crippen LogP contribution in [0.1, 0.15) is 29.8 Å². The van der Waals surface area contributed by atoms with Crippen molar-refractivity contribution in [1.82, 2.24) is 5.32 Å². The Morgan fingerprint density at radius 3 is 2.52 bits per heavy atom. The number of amides is 2. The molecule has 0 fully saturated rings. The molecule has 0 radical (unpaired) electrons. The van der Waals surface area contributed by atoms with E-state index in [0.29, 0.717) is 23.7 Å². The summed E-state index contributed by atoms with van der Waals surface area (Å²) in [6, 6.07) is 10.9.